The molecule has 1 rings (SSSR count). The minimum Gasteiger partial charge on any atom is -0.497 e. The Morgan fingerprint density at radius 1 is 1.19 bits per heavy atom. The third-order valence-electron chi connectivity index (χ3n) is 4.33. The van der Waals surface area contributed by atoms with Crippen molar-refractivity contribution in [3.63, 3.8) is 0 Å². The fourth-order valence-corrected chi connectivity index (χ4v) is 2.30. The van der Waals surface area contributed by atoms with Gasteiger partial charge in [0.2, 0.25) is 0 Å². The number of nitrogens with zero attached hydrogens (tertiary/aromatic N) is 1. The number of benzene rings is 1. The van der Waals surface area contributed by atoms with Crippen molar-refractivity contribution in [3.05, 3.63) is 29.8 Å². The van der Waals surface area contributed by atoms with Crippen LogP contribution in [-0.2, 0) is 6.42 Å². The summed E-state index contributed by atoms with van der Waals surface area (Å²) in [6.45, 7) is 8.97. The summed E-state index contributed by atoms with van der Waals surface area (Å²) in [5, 5.41) is 3.62. The second-order valence-electron chi connectivity index (χ2n) is 5.98. The van der Waals surface area contributed by atoms with E-state index in [1.807, 2.05) is 12.1 Å². The van der Waals surface area contributed by atoms with Gasteiger partial charge in [-0.05, 0) is 57.9 Å². The van der Waals surface area contributed by atoms with E-state index >= 15 is 0 Å². The first-order valence-electron chi connectivity index (χ1n) is 8.13. The molecule has 0 saturated heterocycles. The third-order valence-corrected chi connectivity index (χ3v) is 4.33. The Balaban J connectivity index is 2.20. The first kappa shape index (κ1) is 18.0. The Bertz CT molecular complexity index is 377. The number of likely N-dealkylation sites (N-methyl/N-ethyl adjacent to an activating group) is 1. The molecule has 2 atom stereocenters. The molecule has 21 heavy (non-hydrogen) atoms. The van der Waals surface area contributed by atoms with Crippen LogP contribution in [0.3, 0.4) is 0 Å². The molecule has 0 aliphatic carbocycles. The molecular formula is C18H32N2O. The van der Waals surface area contributed by atoms with E-state index in [2.05, 4.69) is 50.2 Å². The predicted molar refractivity (Wildman–Crippen MR) is 91.2 cm³/mol. The number of hydrogen-bond acceptors (Lipinski definition) is 3. The van der Waals surface area contributed by atoms with E-state index < -0.39 is 0 Å². The summed E-state index contributed by atoms with van der Waals surface area (Å²) in [7, 11) is 3.91. The zero-order valence-corrected chi connectivity index (χ0v) is 14.4. The molecule has 3 heteroatoms. The minimum atomic E-state index is 0.553. The lowest BCUT2D eigenvalue weighted by atomic mass is 10.1. The molecule has 0 aromatic heterocycles. The van der Waals surface area contributed by atoms with Crippen LogP contribution >= 0.6 is 0 Å². The molecule has 2 unspecified atom stereocenters. The highest BCUT2D eigenvalue weighted by Crippen LogP contribution is 2.13. The molecule has 1 aromatic rings. The fraction of sp³-hybridized carbons (Fsp3) is 0.667. The Morgan fingerprint density at radius 2 is 1.86 bits per heavy atom. The van der Waals surface area contributed by atoms with E-state index in [0.717, 1.165) is 25.3 Å². The Hall–Kier alpha value is -1.06. The van der Waals surface area contributed by atoms with E-state index in [1.165, 1.54) is 18.4 Å². The van der Waals surface area contributed by atoms with Crippen molar-refractivity contribution in [2.45, 2.75) is 52.1 Å². The SMILES string of the molecule is CCC(C)N(C)CCNC(C)CCc1ccc(OC)cc1. The standard InChI is InChI=1S/C18H32N2O/c1-6-16(3)20(4)14-13-19-15(2)7-8-17-9-11-18(21-5)12-10-17/h9-12,15-16,19H,6-8,13-14H2,1-5H3. The maximum Gasteiger partial charge on any atom is 0.118 e. The Labute approximate surface area is 130 Å². The van der Waals surface area contributed by atoms with Crippen molar-refractivity contribution >= 4 is 0 Å². The fourth-order valence-electron chi connectivity index (χ4n) is 2.30. The summed E-state index contributed by atoms with van der Waals surface area (Å²) in [4.78, 5) is 2.42. The summed E-state index contributed by atoms with van der Waals surface area (Å²) < 4.78 is 5.18. The van der Waals surface area contributed by atoms with E-state index in [4.69, 9.17) is 4.74 Å². The third kappa shape index (κ3) is 6.96. The second-order valence-corrected chi connectivity index (χ2v) is 5.98. The van der Waals surface area contributed by atoms with Gasteiger partial charge in [0.05, 0.1) is 7.11 Å². The number of aryl methyl sites for hydroxylation is 1. The quantitative estimate of drug-likeness (QED) is 0.716. The largest absolute Gasteiger partial charge is 0.497 e. The second kappa shape index (κ2) is 9.80. The topological polar surface area (TPSA) is 24.5 Å². The lowest BCUT2D eigenvalue weighted by Gasteiger charge is -2.24. The zero-order valence-electron chi connectivity index (χ0n) is 14.4. The monoisotopic (exact) mass is 292 g/mol. The number of rotatable bonds is 10. The van der Waals surface area contributed by atoms with E-state index in [9.17, 15) is 0 Å². The summed E-state index contributed by atoms with van der Waals surface area (Å²) in [5.74, 6) is 0.929. The van der Waals surface area contributed by atoms with Gasteiger partial charge in [-0.2, -0.15) is 0 Å². The predicted octanol–water partition coefficient (Wildman–Crippen LogP) is 3.34. The average Bonchev–Trinajstić information content (AvgIpc) is 2.52. The van der Waals surface area contributed by atoms with Gasteiger partial charge in [0, 0.05) is 25.2 Å². The summed E-state index contributed by atoms with van der Waals surface area (Å²) in [6.07, 6.45) is 3.49. The molecular weight excluding hydrogens is 260 g/mol. The normalized spacial score (nSPS) is 14.2. The maximum atomic E-state index is 5.18. The molecule has 0 spiro atoms. The first-order chi connectivity index (χ1) is 10.1. The van der Waals surface area contributed by atoms with Crippen LogP contribution in [0.4, 0.5) is 0 Å². The highest BCUT2D eigenvalue weighted by Gasteiger charge is 2.07. The molecule has 0 bridgehead atoms. The summed E-state index contributed by atoms with van der Waals surface area (Å²) >= 11 is 0. The lowest BCUT2D eigenvalue weighted by Crippen LogP contribution is -2.38. The van der Waals surface area contributed by atoms with Crippen molar-refractivity contribution in [3.8, 4) is 5.75 Å². The van der Waals surface area contributed by atoms with E-state index in [1.54, 1.807) is 7.11 Å². The highest BCUT2D eigenvalue weighted by molar-refractivity contribution is 5.27. The molecule has 0 amide bonds. The molecule has 1 N–H and O–H groups in total. The van der Waals surface area contributed by atoms with Gasteiger partial charge < -0.3 is 15.0 Å². The highest BCUT2D eigenvalue weighted by atomic mass is 16.5. The molecule has 0 fully saturated rings. The van der Waals surface area contributed by atoms with E-state index in [-0.39, 0.29) is 0 Å². The van der Waals surface area contributed by atoms with Gasteiger partial charge in [0.25, 0.3) is 0 Å². The van der Waals surface area contributed by atoms with Crippen LogP contribution in [0.2, 0.25) is 0 Å². The zero-order chi connectivity index (χ0) is 15.7. The summed E-state index contributed by atoms with van der Waals surface area (Å²) in [5.41, 5.74) is 1.38. The summed E-state index contributed by atoms with van der Waals surface area (Å²) in [6, 6.07) is 9.60. The van der Waals surface area contributed by atoms with Gasteiger partial charge in [-0.1, -0.05) is 19.1 Å². The van der Waals surface area contributed by atoms with Crippen molar-refractivity contribution in [2.24, 2.45) is 0 Å². The van der Waals surface area contributed by atoms with Crippen LogP contribution < -0.4 is 10.1 Å². The van der Waals surface area contributed by atoms with Crippen molar-refractivity contribution in [1.82, 2.24) is 10.2 Å². The number of hydrogen-bond donors (Lipinski definition) is 1. The Kier molecular flexibility index (Phi) is 8.40. The van der Waals surface area contributed by atoms with Gasteiger partial charge in [-0.25, -0.2) is 0 Å². The van der Waals surface area contributed by atoms with Crippen molar-refractivity contribution in [2.75, 3.05) is 27.2 Å². The molecule has 0 aliphatic heterocycles. The molecule has 3 nitrogen and oxygen atoms in total. The van der Waals surface area contributed by atoms with Crippen LogP contribution in [0.5, 0.6) is 5.75 Å². The van der Waals surface area contributed by atoms with Gasteiger partial charge in [-0.3, -0.25) is 0 Å². The van der Waals surface area contributed by atoms with Crippen molar-refractivity contribution < 1.29 is 4.74 Å². The lowest BCUT2D eigenvalue weighted by molar-refractivity contribution is 0.248. The molecule has 0 heterocycles. The number of nitrogens with one attached hydrogen (secondary N) is 1. The van der Waals surface area contributed by atoms with Crippen LogP contribution in [0.25, 0.3) is 0 Å². The average molecular weight is 292 g/mol. The minimum absolute atomic E-state index is 0.553. The molecule has 0 radical (unpaired) electrons. The number of methoxy groups -OCH3 is 1. The number of ether oxygens (including phenoxy) is 1. The maximum absolute atomic E-state index is 5.18. The molecule has 1 aromatic carbocycles. The van der Waals surface area contributed by atoms with E-state index in [0.29, 0.717) is 12.1 Å². The van der Waals surface area contributed by atoms with Crippen molar-refractivity contribution in [1.29, 1.82) is 0 Å². The van der Waals surface area contributed by atoms with Crippen LogP contribution in [0.1, 0.15) is 39.2 Å². The van der Waals surface area contributed by atoms with Crippen LogP contribution in [0, 0.1) is 0 Å². The molecule has 0 aliphatic rings. The smallest absolute Gasteiger partial charge is 0.118 e. The van der Waals surface area contributed by atoms with Gasteiger partial charge in [-0.15, -0.1) is 0 Å². The molecule has 120 valence electrons. The van der Waals surface area contributed by atoms with Gasteiger partial charge in [0.1, 0.15) is 5.75 Å². The van der Waals surface area contributed by atoms with Gasteiger partial charge in [0.15, 0.2) is 0 Å². The molecule has 0 saturated carbocycles. The Morgan fingerprint density at radius 3 is 2.43 bits per heavy atom. The van der Waals surface area contributed by atoms with Gasteiger partial charge >= 0.3 is 0 Å². The van der Waals surface area contributed by atoms with Crippen LogP contribution in [-0.4, -0.2) is 44.2 Å². The van der Waals surface area contributed by atoms with Crippen LogP contribution in [0.15, 0.2) is 24.3 Å². The first-order valence-corrected chi connectivity index (χ1v) is 8.13.